The maximum atomic E-state index is 11.6. The van der Waals surface area contributed by atoms with Crippen molar-refractivity contribution < 1.29 is 9.53 Å². The third-order valence-electron chi connectivity index (χ3n) is 3.23. The fraction of sp³-hybridized carbons (Fsp3) is 0.875. The quantitative estimate of drug-likeness (QED) is 0.291. The molecule has 0 saturated carbocycles. The number of unbranched alkanes of at least 4 members (excludes halogenated alkanes) is 3. The standard InChI is InChI=1S/C16H34N4O2/c1-5-7-8-9-10-14(3)20-16(17-6-2)19-13-15(21)18-11-12-22-4/h14H,5-13H2,1-4H3,(H,18,21)(H2,17,19,20). The molecule has 3 N–H and O–H groups in total. The van der Waals surface area contributed by atoms with Crippen LogP contribution in [0.4, 0.5) is 0 Å². The maximum absolute atomic E-state index is 11.6. The second kappa shape index (κ2) is 14.6. The highest BCUT2D eigenvalue weighted by molar-refractivity contribution is 5.85. The largest absolute Gasteiger partial charge is 0.383 e. The van der Waals surface area contributed by atoms with Crippen LogP contribution in [0.2, 0.25) is 0 Å². The van der Waals surface area contributed by atoms with Crippen LogP contribution in [0.25, 0.3) is 0 Å². The molecule has 1 atom stereocenters. The molecule has 130 valence electrons. The highest BCUT2D eigenvalue weighted by atomic mass is 16.5. The van der Waals surface area contributed by atoms with E-state index in [1.807, 2.05) is 6.92 Å². The topological polar surface area (TPSA) is 74.8 Å². The van der Waals surface area contributed by atoms with E-state index < -0.39 is 0 Å². The number of aliphatic imine (C=N–C) groups is 1. The molecule has 0 aromatic carbocycles. The van der Waals surface area contributed by atoms with Crippen LogP contribution in [0.1, 0.15) is 52.9 Å². The molecule has 6 heteroatoms. The Morgan fingerprint density at radius 1 is 1.18 bits per heavy atom. The number of nitrogens with one attached hydrogen (secondary N) is 3. The lowest BCUT2D eigenvalue weighted by atomic mass is 10.1. The molecule has 0 aliphatic rings. The van der Waals surface area contributed by atoms with Gasteiger partial charge >= 0.3 is 0 Å². The predicted molar refractivity (Wildman–Crippen MR) is 92.2 cm³/mol. The van der Waals surface area contributed by atoms with Gasteiger partial charge in [0, 0.05) is 26.2 Å². The van der Waals surface area contributed by atoms with Crippen LogP contribution in [0, 0.1) is 0 Å². The Morgan fingerprint density at radius 2 is 1.95 bits per heavy atom. The number of nitrogens with zero attached hydrogens (tertiary/aromatic N) is 1. The van der Waals surface area contributed by atoms with Gasteiger partial charge in [-0.05, 0) is 20.3 Å². The Balaban J connectivity index is 4.10. The summed E-state index contributed by atoms with van der Waals surface area (Å²) in [6, 6.07) is 0.353. The number of amides is 1. The molecule has 0 aliphatic carbocycles. The van der Waals surface area contributed by atoms with E-state index in [9.17, 15) is 4.79 Å². The number of hydrogen-bond donors (Lipinski definition) is 3. The van der Waals surface area contributed by atoms with Crippen LogP contribution < -0.4 is 16.0 Å². The average molecular weight is 314 g/mol. The molecule has 0 spiro atoms. The van der Waals surface area contributed by atoms with Gasteiger partial charge in [-0.25, -0.2) is 4.99 Å². The van der Waals surface area contributed by atoms with Crippen molar-refractivity contribution in [3.63, 3.8) is 0 Å². The van der Waals surface area contributed by atoms with E-state index in [0.29, 0.717) is 25.2 Å². The minimum Gasteiger partial charge on any atom is -0.383 e. The third kappa shape index (κ3) is 12.4. The van der Waals surface area contributed by atoms with E-state index >= 15 is 0 Å². The number of methoxy groups -OCH3 is 1. The van der Waals surface area contributed by atoms with Gasteiger partial charge in [-0.2, -0.15) is 0 Å². The summed E-state index contributed by atoms with van der Waals surface area (Å²) in [4.78, 5) is 15.9. The first-order chi connectivity index (χ1) is 10.6. The van der Waals surface area contributed by atoms with Gasteiger partial charge in [0.15, 0.2) is 5.96 Å². The van der Waals surface area contributed by atoms with Gasteiger partial charge in [0.2, 0.25) is 5.91 Å². The van der Waals surface area contributed by atoms with Gasteiger partial charge in [-0.15, -0.1) is 0 Å². The van der Waals surface area contributed by atoms with Crippen molar-refractivity contribution in [2.24, 2.45) is 4.99 Å². The lowest BCUT2D eigenvalue weighted by Gasteiger charge is -2.17. The predicted octanol–water partition coefficient (Wildman–Crippen LogP) is 1.66. The number of rotatable bonds is 12. The molecule has 0 heterocycles. The molecule has 22 heavy (non-hydrogen) atoms. The van der Waals surface area contributed by atoms with Crippen LogP contribution in [0.15, 0.2) is 4.99 Å². The molecule has 0 radical (unpaired) electrons. The first-order valence-corrected chi connectivity index (χ1v) is 8.44. The second-order valence-corrected chi connectivity index (χ2v) is 5.43. The van der Waals surface area contributed by atoms with Gasteiger partial charge < -0.3 is 20.7 Å². The molecule has 0 rings (SSSR count). The number of ether oxygens (including phenoxy) is 1. The van der Waals surface area contributed by atoms with Crippen molar-refractivity contribution in [2.75, 3.05) is 33.4 Å². The highest BCUT2D eigenvalue weighted by Crippen LogP contribution is 2.05. The monoisotopic (exact) mass is 314 g/mol. The van der Waals surface area contributed by atoms with Crippen molar-refractivity contribution in [1.29, 1.82) is 0 Å². The Morgan fingerprint density at radius 3 is 2.59 bits per heavy atom. The molecule has 1 unspecified atom stereocenters. The smallest absolute Gasteiger partial charge is 0.241 e. The van der Waals surface area contributed by atoms with Gasteiger partial charge in [0.1, 0.15) is 6.54 Å². The van der Waals surface area contributed by atoms with Gasteiger partial charge in [0.05, 0.1) is 6.61 Å². The summed E-state index contributed by atoms with van der Waals surface area (Å²) in [5.74, 6) is 0.609. The lowest BCUT2D eigenvalue weighted by molar-refractivity contribution is -0.119. The van der Waals surface area contributed by atoms with E-state index in [2.05, 4.69) is 34.8 Å². The van der Waals surface area contributed by atoms with Crippen LogP contribution in [0.3, 0.4) is 0 Å². The Hall–Kier alpha value is -1.30. The van der Waals surface area contributed by atoms with Gasteiger partial charge in [-0.3, -0.25) is 4.79 Å². The summed E-state index contributed by atoms with van der Waals surface area (Å²) in [5.41, 5.74) is 0. The fourth-order valence-electron chi connectivity index (χ4n) is 2.00. The summed E-state index contributed by atoms with van der Waals surface area (Å²) in [7, 11) is 1.61. The molecule has 0 fully saturated rings. The number of hydrogen-bond acceptors (Lipinski definition) is 3. The molecule has 0 bridgehead atoms. The summed E-state index contributed by atoms with van der Waals surface area (Å²) < 4.78 is 4.89. The third-order valence-corrected chi connectivity index (χ3v) is 3.23. The zero-order valence-corrected chi connectivity index (χ0v) is 14.7. The van der Waals surface area contributed by atoms with Crippen molar-refractivity contribution in [1.82, 2.24) is 16.0 Å². The summed E-state index contributed by atoms with van der Waals surface area (Å²) >= 11 is 0. The van der Waals surface area contributed by atoms with E-state index in [0.717, 1.165) is 13.0 Å². The fourth-order valence-corrected chi connectivity index (χ4v) is 2.00. The van der Waals surface area contributed by atoms with Crippen LogP contribution in [0.5, 0.6) is 0 Å². The maximum Gasteiger partial charge on any atom is 0.241 e. The van der Waals surface area contributed by atoms with Crippen LogP contribution in [-0.4, -0.2) is 51.3 Å². The molecule has 0 aliphatic heterocycles. The highest BCUT2D eigenvalue weighted by Gasteiger charge is 2.06. The van der Waals surface area contributed by atoms with Crippen LogP contribution in [-0.2, 0) is 9.53 Å². The van der Waals surface area contributed by atoms with Crippen molar-refractivity contribution in [3.05, 3.63) is 0 Å². The Labute approximate surface area is 135 Å². The minimum atomic E-state index is -0.0927. The summed E-state index contributed by atoms with van der Waals surface area (Å²) in [6.45, 7) is 8.32. The lowest BCUT2D eigenvalue weighted by Crippen LogP contribution is -2.43. The molecular formula is C16H34N4O2. The number of carbonyl (C=O) groups excluding carboxylic acids is 1. The van der Waals surface area contributed by atoms with Crippen LogP contribution >= 0.6 is 0 Å². The molecule has 0 saturated heterocycles. The van der Waals surface area contributed by atoms with E-state index in [4.69, 9.17) is 4.74 Å². The van der Waals surface area contributed by atoms with Crippen molar-refractivity contribution >= 4 is 11.9 Å². The molecule has 0 aromatic heterocycles. The summed E-state index contributed by atoms with van der Waals surface area (Å²) in [5, 5.41) is 9.28. The summed E-state index contributed by atoms with van der Waals surface area (Å²) in [6.07, 6.45) is 6.16. The second-order valence-electron chi connectivity index (χ2n) is 5.43. The zero-order chi connectivity index (χ0) is 16.6. The Bertz CT molecular complexity index is 309. The number of guanidine groups is 1. The van der Waals surface area contributed by atoms with E-state index in [1.165, 1.54) is 25.7 Å². The first kappa shape index (κ1) is 20.7. The molecule has 6 nitrogen and oxygen atoms in total. The van der Waals surface area contributed by atoms with Crippen molar-refractivity contribution in [3.8, 4) is 0 Å². The zero-order valence-electron chi connectivity index (χ0n) is 14.7. The average Bonchev–Trinajstić information content (AvgIpc) is 2.50. The van der Waals surface area contributed by atoms with Gasteiger partial charge in [0.25, 0.3) is 0 Å². The molecule has 1 amide bonds. The molecule has 0 aromatic rings. The molecular weight excluding hydrogens is 280 g/mol. The van der Waals surface area contributed by atoms with E-state index in [1.54, 1.807) is 7.11 Å². The minimum absolute atomic E-state index is 0.0927. The Kier molecular flexibility index (Phi) is 13.8. The first-order valence-electron chi connectivity index (χ1n) is 8.44. The van der Waals surface area contributed by atoms with Gasteiger partial charge in [-0.1, -0.05) is 32.6 Å². The van der Waals surface area contributed by atoms with E-state index in [-0.39, 0.29) is 12.5 Å². The van der Waals surface area contributed by atoms with Crippen molar-refractivity contribution in [2.45, 2.75) is 58.9 Å². The SMILES string of the molecule is CCCCCCC(C)NC(=NCC(=O)NCCOC)NCC. The normalized spacial score (nSPS) is 12.8. The number of carbonyl (C=O) groups is 1.